The van der Waals surface area contributed by atoms with Crippen molar-refractivity contribution in [2.45, 2.75) is 6.92 Å². The van der Waals surface area contributed by atoms with Crippen LogP contribution in [0, 0.1) is 6.92 Å². The molecule has 3 aromatic rings. The van der Waals surface area contributed by atoms with E-state index in [-0.39, 0.29) is 5.76 Å². The zero-order chi connectivity index (χ0) is 15.7. The number of amides is 1. The summed E-state index contributed by atoms with van der Waals surface area (Å²) in [4.78, 5) is 20.7. The summed E-state index contributed by atoms with van der Waals surface area (Å²) in [5, 5.41) is 5.95. The van der Waals surface area contributed by atoms with E-state index in [1.54, 1.807) is 31.4 Å². The molecule has 0 aliphatic carbocycles. The number of rotatable bonds is 3. The SMILES string of the molecule is CNc1c(C(=O)Nc2ccc(C)cn2)oc2ccc(Cl)nc12. The summed E-state index contributed by atoms with van der Waals surface area (Å²) in [5.41, 5.74) is 2.49. The molecule has 112 valence electrons. The number of halogens is 1. The first-order valence-corrected chi connectivity index (χ1v) is 6.97. The molecule has 6 nitrogen and oxygen atoms in total. The molecule has 0 aliphatic heterocycles. The highest BCUT2D eigenvalue weighted by Crippen LogP contribution is 2.30. The standard InChI is InChI=1S/C15H13ClN4O2/c1-8-3-6-11(18-7-8)20-15(21)14-13(17-2)12-9(22-14)4-5-10(16)19-12/h3-7,17H,1-2H3,(H,18,20,21). The fraction of sp³-hybridized carbons (Fsp3) is 0.133. The van der Waals surface area contributed by atoms with E-state index in [1.807, 2.05) is 13.0 Å². The van der Waals surface area contributed by atoms with Gasteiger partial charge in [-0.05, 0) is 30.7 Å². The monoisotopic (exact) mass is 316 g/mol. The summed E-state index contributed by atoms with van der Waals surface area (Å²) in [6.07, 6.45) is 1.68. The lowest BCUT2D eigenvalue weighted by molar-refractivity contribution is 0.0999. The maximum Gasteiger partial charge on any atom is 0.294 e. The predicted octanol–water partition coefficient (Wildman–Crippen LogP) is 3.48. The van der Waals surface area contributed by atoms with Gasteiger partial charge in [0.2, 0.25) is 5.76 Å². The second kappa shape index (κ2) is 5.65. The minimum Gasteiger partial charge on any atom is -0.447 e. The van der Waals surface area contributed by atoms with Crippen molar-refractivity contribution in [1.29, 1.82) is 0 Å². The van der Waals surface area contributed by atoms with Crippen LogP contribution < -0.4 is 10.6 Å². The number of furan rings is 1. The normalized spacial score (nSPS) is 10.7. The van der Waals surface area contributed by atoms with Crippen LogP contribution in [0.5, 0.6) is 0 Å². The molecule has 0 saturated carbocycles. The van der Waals surface area contributed by atoms with Crippen molar-refractivity contribution in [3.63, 3.8) is 0 Å². The van der Waals surface area contributed by atoms with Crippen LogP contribution in [0.2, 0.25) is 5.15 Å². The van der Waals surface area contributed by atoms with E-state index >= 15 is 0 Å². The molecular formula is C15H13ClN4O2. The van der Waals surface area contributed by atoms with Gasteiger partial charge in [-0.15, -0.1) is 0 Å². The van der Waals surface area contributed by atoms with E-state index in [1.165, 1.54) is 0 Å². The van der Waals surface area contributed by atoms with E-state index in [0.29, 0.717) is 27.8 Å². The molecule has 3 heterocycles. The minimum absolute atomic E-state index is 0.134. The highest BCUT2D eigenvalue weighted by atomic mass is 35.5. The zero-order valence-corrected chi connectivity index (χ0v) is 12.7. The predicted molar refractivity (Wildman–Crippen MR) is 85.5 cm³/mol. The van der Waals surface area contributed by atoms with E-state index in [9.17, 15) is 4.79 Å². The third kappa shape index (κ3) is 2.60. The van der Waals surface area contributed by atoms with Crippen molar-refractivity contribution in [3.8, 4) is 0 Å². The summed E-state index contributed by atoms with van der Waals surface area (Å²) in [7, 11) is 1.69. The first-order chi connectivity index (χ1) is 10.6. The summed E-state index contributed by atoms with van der Waals surface area (Å²) in [6, 6.07) is 6.87. The number of aromatic nitrogens is 2. The van der Waals surface area contributed by atoms with E-state index in [4.69, 9.17) is 16.0 Å². The van der Waals surface area contributed by atoms with Gasteiger partial charge < -0.3 is 15.1 Å². The van der Waals surface area contributed by atoms with Crippen molar-refractivity contribution < 1.29 is 9.21 Å². The van der Waals surface area contributed by atoms with E-state index in [0.717, 1.165) is 5.56 Å². The number of pyridine rings is 2. The number of carbonyl (C=O) groups is 1. The first-order valence-electron chi connectivity index (χ1n) is 6.59. The van der Waals surface area contributed by atoms with Crippen molar-refractivity contribution >= 4 is 40.1 Å². The lowest BCUT2D eigenvalue weighted by Crippen LogP contribution is -2.13. The van der Waals surface area contributed by atoms with Gasteiger partial charge in [-0.3, -0.25) is 4.79 Å². The molecule has 0 radical (unpaired) electrons. The molecule has 0 aliphatic rings. The highest BCUT2D eigenvalue weighted by Gasteiger charge is 2.21. The Bertz CT molecular complexity index is 843. The van der Waals surface area contributed by atoms with Gasteiger partial charge in [0.15, 0.2) is 5.58 Å². The smallest absolute Gasteiger partial charge is 0.294 e. The molecule has 0 spiro atoms. The average Bonchev–Trinajstić information content (AvgIpc) is 2.87. The Morgan fingerprint density at radius 3 is 2.77 bits per heavy atom. The summed E-state index contributed by atoms with van der Waals surface area (Å²) in [5.74, 6) is 0.175. The van der Waals surface area contributed by atoms with Crippen molar-refractivity contribution in [1.82, 2.24) is 9.97 Å². The van der Waals surface area contributed by atoms with Crippen molar-refractivity contribution in [2.24, 2.45) is 0 Å². The Hall–Kier alpha value is -2.60. The number of anilines is 2. The minimum atomic E-state index is -0.408. The third-order valence-electron chi connectivity index (χ3n) is 3.11. The molecule has 7 heteroatoms. The van der Waals surface area contributed by atoms with Crippen LogP contribution in [-0.2, 0) is 0 Å². The number of nitrogens with zero attached hydrogens (tertiary/aromatic N) is 2. The van der Waals surface area contributed by atoms with Gasteiger partial charge in [-0.1, -0.05) is 17.7 Å². The fourth-order valence-electron chi connectivity index (χ4n) is 2.06. The van der Waals surface area contributed by atoms with Gasteiger partial charge >= 0.3 is 0 Å². The average molecular weight is 317 g/mol. The second-order valence-electron chi connectivity index (χ2n) is 4.71. The van der Waals surface area contributed by atoms with Gasteiger partial charge in [0.25, 0.3) is 5.91 Å². The molecule has 0 atom stereocenters. The molecule has 1 amide bonds. The summed E-state index contributed by atoms with van der Waals surface area (Å²) >= 11 is 5.89. The molecule has 3 aromatic heterocycles. The molecule has 22 heavy (non-hydrogen) atoms. The molecular weight excluding hydrogens is 304 g/mol. The van der Waals surface area contributed by atoms with Gasteiger partial charge in [-0.2, -0.15) is 0 Å². The number of hydrogen-bond donors (Lipinski definition) is 2. The van der Waals surface area contributed by atoms with E-state index < -0.39 is 5.91 Å². The van der Waals surface area contributed by atoms with Crippen LogP contribution >= 0.6 is 11.6 Å². The Balaban J connectivity index is 1.98. The quantitative estimate of drug-likeness (QED) is 0.723. The van der Waals surface area contributed by atoms with Crippen LogP contribution in [-0.4, -0.2) is 22.9 Å². The van der Waals surface area contributed by atoms with Gasteiger partial charge in [0.1, 0.15) is 22.2 Å². The lowest BCUT2D eigenvalue weighted by atomic mass is 10.3. The van der Waals surface area contributed by atoms with Crippen LogP contribution in [0.15, 0.2) is 34.9 Å². The lowest BCUT2D eigenvalue weighted by Gasteiger charge is -2.04. The van der Waals surface area contributed by atoms with Crippen LogP contribution in [0.3, 0.4) is 0 Å². The fourth-order valence-corrected chi connectivity index (χ4v) is 2.21. The number of nitrogens with one attached hydrogen (secondary N) is 2. The van der Waals surface area contributed by atoms with Gasteiger partial charge in [0, 0.05) is 13.2 Å². The Morgan fingerprint density at radius 1 is 1.27 bits per heavy atom. The van der Waals surface area contributed by atoms with E-state index in [2.05, 4.69) is 20.6 Å². The Kier molecular flexibility index (Phi) is 3.68. The molecule has 0 bridgehead atoms. The molecule has 0 saturated heterocycles. The number of carbonyl (C=O) groups excluding carboxylic acids is 1. The second-order valence-corrected chi connectivity index (χ2v) is 5.10. The number of aryl methyl sites for hydroxylation is 1. The van der Waals surface area contributed by atoms with Gasteiger partial charge in [-0.25, -0.2) is 9.97 Å². The zero-order valence-electron chi connectivity index (χ0n) is 12.0. The largest absolute Gasteiger partial charge is 0.447 e. The molecule has 2 N–H and O–H groups in total. The maximum absolute atomic E-state index is 12.4. The Labute approximate surface area is 131 Å². The van der Waals surface area contributed by atoms with Crippen LogP contribution in [0.25, 0.3) is 11.1 Å². The van der Waals surface area contributed by atoms with Crippen molar-refractivity contribution in [3.05, 3.63) is 46.9 Å². The maximum atomic E-state index is 12.4. The third-order valence-corrected chi connectivity index (χ3v) is 3.32. The topological polar surface area (TPSA) is 80.0 Å². The number of hydrogen-bond acceptors (Lipinski definition) is 5. The van der Waals surface area contributed by atoms with Crippen LogP contribution in [0.4, 0.5) is 11.5 Å². The molecule has 3 rings (SSSR count). The van der Waals surface area contributed by atoms with Gasteiger partial charge in [0.05, 0.1) is 0 Å². The Morgan fingerprint density at radius 2 is 2.09 bits per heavy atom. The van der Waals surface area contributed by atoms with Crippen LogP contribution in [0.1, 0.15) is 16.1 Å². The molecule has 0 unspecified atom stereocenters. The van der Waals surface area contributed by atoms with Crippen molar-refractivity contribution in [2.75, 3.05) is 17.7 Å². The summed E-state index contributed by atoms with van der Waals surface area (Å²) < 4.78 is 5.58. The molecule has 0 aromatic carbocycles. The number of fused-ring (bicyclic) bond motifs is 1. The first kappa shape index (κ1) is 14.3. The molecule has 0 fully saturated rings. The summed E-state index contributed by atoms with van der Waals surface area (Å²) in [6.45, 7) is 1.92. The highest BCUT2D eigenvalue weighted by molar-refractivity contribution is 6.30.